The molecule has 2 aliphatic rings. The van der Waals surface area contributed by atoms with Gasteiger partial charge in [0.05, 0.1) is 12.0 Å². The molecule has 6 nitrogen and oxygen atoms in total. The molecule has 0 bridgehead atoms. The number of ether oxygens (including phenoxy) is 1. The Kier molecular flexibility index (Phi) is 3.75. The molecule has 2 heterocycles. The quantitative estimate of drug-likeness (QED) is 0.773. The topological polar surface area (TPSA) is 78.9 Å². The van der Waals surface area contributed by atoms with Crippen LogP contribution >= 0.6 is 0 Å². The molecule has 0 aromatic carbocycles. The standard InChI is InChI=1S/C12H20N2O4/c1-2-12(10(15)16)3-5-14(6-4-12)8-9-7-13-11(17)18-9/h9H,2-8H2,1H3,(H,13,17)(H,15,16). The van der Waals surface area contributed by atoms with Crippen molar-refractivity contribution in [1.82, 2.24) is 10.2 Å². The number of nitrogens with zero attached hydrogens (tertiary/aromatic N) is 1. The van der Waals surface area contributed by atoms with Gasteiger partial charge in [-0.1, -0.05) is 6.92 Å². The first-order valence-corrected chi connectivity index (χ1v) is 6.46. The number of alkyl carbamates (subject to hydrolysis) is 1. The second-order valence-electron chi connectivity index (χ2n) is 5.15. The lowest BCUT2D eigenvalue weighted by Gasteiger charge is -2.38. The van der Waals surface area contributed by atoms with Gasteiger partial charge in [-0.2, -0.15) is 0 Å². The van der Waals surface area contributed by atoms with Crippen LogP contribution in [0, 0.1) is 5.41 Å². The van der Waals surface area contributed by atoms with E-state index in [9.17, 15) is 14.7 Å². The van der Waals surface area contributed by atoms with Crippen molar-refractivity contribution >= 4 is 12.1 Å². The van der Waals surface area contributed by atoms with Crippen LogP contribution in [0.25, 0.3) is 0 Å². The van der Waals surface area contributed by atoms with E-state index in [1.807, 2.05) is 6.92 Å². The lowest BCUT2D eigenvalue weighted by molar-refractivity contribution is -0.152. The molecule has 1 atom stereocenters. The van der Waals surface area contributed by atoms with Crippen molar-refractivity contribution < 1.29 is 19.4 Å². The molecule has 0 aromatic heterocycles. The fourth-order valence-electron chi connectivity index (χ4n) is 2.70. The number of piperidine rings is 1. The SMILES string of the molecule is CCC1(C(=O)O)CCN(CC2CNC(=O)O2)CC1. The molecule has 18 heavy (non-hydrogen) atoms. The summed E-state index contributed by atoms with van der Waals surface area (Å²) in [6.45, 7) is 4.69. The van der Waals surface area contributed by atoms with Gasteiger partial charge in [0.2, 0.25) is 0 Å². The van der Waals surface area contributed by atoms with Crippen LogP contribution in [0.3, 0.4) is 0 Å². The summed E-state index contributed by atoms with van der Waals surface area (Å²) in [5, 5.41) is 11.9. The van der Waals surface area contributed by atoms with Crippen molar-refractivity contribution in [2.24, 2.45) is 5.41 Å². The van der Waals surface area contributed by atoms with Gasteiger partial charge in [-0.05, 0) is 32.4 Å². The van der Waals surface area contributed by atoms with Gasteiger partial charge in [-0.3, -0.25) is 9.69 Å². The van der Waals surface area contributed by atoms with Crippen LogP contribution in [0.5, 0.6) is 0 Å². The predicted molar refractivity (Wildman–Crippen MR) is 64.3 cm³/mol. The van der Waals surface area contributed by atoms with E-state index < -0.39 is 11.4 Å². The normalized spacial score (nSPS) is 27.6. The number of amides is 1. The number of carbonyl (C=O) groups is 2. The summed E-state index contributed by atoms with van der Waals surface area (Å²) in [5.74, 6) is -0.682. The zero-order valence-corrected chi connectivity index (χ0v) is 10.6. The molecular weight excluding hydrogens is 236 g/mol. The molecule has 0 radical (unpaired) electrons. The van der Waals surface area contributed by atoms with E-state index >= 15 is 0 Å². The Morgan fingerprint density at radius 2 is 2.22 bits per heavy atom. The molecule has 0 aromatic rings. The van der Waals surface area contributed by atoms with E-state index in [1.54, 1.807) is 0 Å². The van der Waals surface area contributed by atoms with Crippen molar-refractivity contribution in [3.05, 3.63) is 0 Å². The Morgan fingerprint density at radius 1 is 1.56 bits per heavy atom. The first-order chi connectivity index (χ1) is 8.55. The average molecular weight is 256 g/mol. The van der Waals surface area contributed by atoms with Gasteiger partial charge in [0.1, 0.15) is 6.10 Å². The third kappa shape index (κ3) is 2.58. The van der Waals surface area contributed by atoms with E-state index in [4.69, 9.17) is 4.74 Å². The Balaban J connectivity index is 1.83. The van der Waals surface area contributed by atoms with Crippen LogP contribution in [0.4, 0.5) is 4.79 Å². The summed E-state index contributed by atoms with van der Waals surface area (Å²) in [7, 11) is 0. The fourth-order valence-corrected chi connectivity index (χ4v) is 2.70. The monoisotopic (exact) mass is 256 g/mol. The van der Waals surface area contributed by atoms with Gasteiger partial charge >= 0.3 is 12.1 Å². The summed E-state index contributed by atoms with van der Waals surface area (Å²) in [6.07, 6.45) is 1.57. The molecule has 2 N–H and O–H groups in total. The summed E-state index contributed by atoms with van der Waals surface area (Å²) < 4.78 is 5.08. The molecule has 1 amide bonds. The lowest BCUT2D eigenvalue weighted by atomic mass is 9.76. The molecule has 2 rings (SSSR count). The van der Waals surface area contributed by atoms with Gasteiger partial charge in [0.15, 0.2) is 0 Å². The fraction of sp³-hybridized carbons (Fsp3) is 0.833. The molecule has 1 unspecified atom stereocenters. The minimum atomic E-state index is -0.682. The number of carboxylic acid groups (broad SMARTS) is 1. The van der Waals surface area contributed by atoms with Crippen LogP contribution in [0.15, 0.2) is 0 Å². The second-order valence-corrected chi connectivity index (χ2v) is 5.15. The first kappa shape index (κ1) is 13.1. The molecule has 0 aliphatic carbocycles. The van der Waals surface area contributed by atoms with E-state index in [0.717, 1.165) is 13.1 Å². The van der Waals surface area contributed by atoms with Gasteiger partial charge in [-0.15, -0.1) is 0 Å². The Hall–Kier alpha value is -1.30. The Morgan fingerprint density at radius 3 is 2.67 bits per heavy atom. The van der Waals surface area contributed by atoms with Crippen molar-refractivity contribution in [1.29, 1.82) is 0 Å². The lowest BCUT2D eigenvalue weighted by Crippen LogP contribution is -2.46. The molecule has 0 saturated carbocycles. The largest absolute Gasteiger partial charge is 0.481 e. The Labute approximate surface area is 106 Å². The maximum absolute atomic E-state index is 11.3. The number of nitrogens with one attached hydrogen (secondary N) is 1. The maximum atomic E-state index is 11.3. The van der Waals surface area contributed by atoms with Gasteiger partial charge < -0.3 is 15.2 Å². The van der Waals surface area contributed by atoms with Crippen molar-refractivity contribution in [2.45, 2.75) is 32.3 Å². The molecule has 6 heteroatoms. The molecule has 2 saturated heterocycles. The summed E-state index contributed by atoms with van der Waals surface area (Å²) in [6, 6.07) is 0. The maximum Gasteiger partial charge on any atom is 0.407 e. The highest BCUT2D eigenvalue weighted by Crippen LogP contribution is 2.35. The Bertz CT molecular complexity index is 337. The molecule has 2 fully saturated rings. The van der Waals surface area contributed by atoms with Crippen LogP contribution in [-0.4, -0.2) is 54.4 Å². The van der Waals surface area contributed by atoms with Crippen LogP contribution in [0.1, 0.15) is 26.2 Å². The summed E-state index contributed by atoms with van der Waals surface area (Å²) in [4.78, 5) is 24.4. The van der Waals surface area contributed by atoms with Gasteiger partial charge in [0.25, 0.3) is 0 Å². The number of carboxylic acids is 1. The highest BCUT2D eigenvalue weighted by atomic mass is 16.6. The number of hydrogen-bond acceptors (Lipinski definition) is 4. The van der Waals surface area contributed by atoms with E-state index in [1.165, 1.54) is 0 Å². The average Bonchev–Trinajstić information content (AvgIpc) is 2.76. The van der Waals surface area contributed by atoms with E-state index in [2.05, 4.69) is 10.2 Å². The summed E-state index contributed by atoms with van der Waals surface area (Å²) >= 11 is 0. The van der Waals surface area contributed by atoms with Crippen molar-refractivity contribution in [3.63, 3.8) is 0 Å². The molecular formula is C12H20N2O4. The number of cyclic esters (lactones) is 1. The number of likely N-dealkylation sites (tertiary alicyclic amines) is 1. The first-order valence-electron chi connectivity index (χ1n) is 6.46. The minimum absolute atomic E-state index is 0.101. The smallest absolute Gasteiger partial charge is 0.407 e. The zero-order chi connectivity index (χ0) is 13.2. The third-order valence-electron chi connectivity index (χ3n) is 4.15. The summed E-state index contributed by atoms with van der Waals surface area (Å²) in [5.41, 5.74) is -0.554. The highest BCUT2D eigenvalue weighted by molar-refractivity contribution is 5.74. The molecule has 2 aliphatic heterocycles. The number of hydrogen-bond donors (Lipinski definition) is 2. The van der Waals surface area contributed by atoms with Crippen molar-refractivity contribution in [3.8, 4) is 0 Å². The number of aliphatic carboxylic acids is 1. The molecule has 0 spiro atoms. The van der Waals surface area contributed by atoms with Gasteiger partial charge in [0, 0.05) is 6.54 Å². The third-order valence-corrected chi connectivity index (χ3v) is 4.15. The van der Waals surface area contributed by atoms with Crippen LogP contribution in [0.2, 0.25) is 0 Å². The highest BCUT2D eigenvalue weighted by Gasteiger charge is 2.40. The predicted octanol–water partition coefficient (Wildman–Crippen LogP) is 0.672. The van der Waals surface area contributed by atoms with E-state index in [-0.39, 0.29) is 12.2 Å². The van der Waals surface area contributed by atoms with Crippen molar-refractivity contribution in [2.75, 3.05) is 26.2 Å². The zero-order valence-electron chi connectivity index (χ0n) is 10.6. The minimum Gasteiger partial charge on any atom is -0.481 e. The van der Waals surface area contributed by atoms with E-state index in [0.29, 0.717) is 32.4 Å². The molecule has 102 valence electrons. The van der Waals surface area contributed by atoms with Crippen LogP contribution < -0.4 is 5.32 Å². The number of rotatable bonds is 4. The van der Waals surface area contributed by atoms with Crippen LogP contribution in [-0.2, 0) is 9.53 Å². The second kappa shape index (κ2) is 5.14. The van der Waals surface area contributed by atoms with Gasteiger partial charge in [-0.25, -0.2) is 4.79 Å². The number of carbonyl (C=O) groups excluding carboxylic acids is 1.